The van der Waals surface area contributed by atoms with Crippen molar-refractivity contribution in [2.75, 3.05) is 0 Å². The Kier molecular flexibility index (Phi) is 5.66. The van der Waals surface area contributed by atoms with Crippen molar-refractivity contribution in [3.63, 3.8) is 0 Å². The maximum Gasteiger partial charge on any atom is 0.0207 e. The van der Waals surface area contributed by atoms with E-state index in [1.54, 1.807) is 0 Å². The van der Waals surface area contributed by atoms with E-state index in [2.05, 4.69) is 59.0 Å². The van der Waals surface area contributed by atoms with Crippen molar-refractivity contribution in [2.45, 2.75) is 32.4 Å². The number of nitrogens with one attached hydrogen (secondary N) is 1. The molecule has 0 aliphatic rings. The van der Waals surface area contributed by atoms with Crippen molar-refractivity contribution in [3.8, 4) is 0 Å². The molecule has 1 aromatic rings. The first-order chi connectivity index (χ1) is 7.22. The van der Waals surface area contributed by atoms with Crippen LogP contribution < -0.4 is 5.32 Å². The molecule has 1 N–H and O–H groups in total. The number of benzene rings is 1. The van der Waals surface area contributed by atoms with E-state index in [1.807, 2.05) is 6.08 Å². The molecule has 1 atom stereocenters. The molecule has 0 bridgehead atoms. The summed E-state index contributed by atoms with van der Waals surface area (Å²) in [6, 6.07) is 8.97. The van der Waals surface area contributed by atoms with E-state index >= 15 is 0 Å². The molecule has 82 valence electrons. The van der Waals surface area contributed by atoms with Gasteiger partial charge in [0.2, 0.25) is 0 Å². The highest BCUT2D eigenvalue weighted by Crippen LogP contribution is 2.10. The van der Waals surface area contributed by atoms with Crippen LogP contribution in [-0.2, 0) is 6.54 Å². The van der Waals surface area contributed by atoms with Crippen LogP contribution in [0.3, 0.4) is 0 Å². The average molecular weight is 268 g/mol. The Morgan fingerprint density at radius 1 is 1.40 bits per heavy atom. The zero-order chi connectivity index (χ0) is 11.1. The number of hydrogen-bond acceptors (Lipinski definition) is 1. The third-order valence-electron chi connectivity index (χ3n) is 2.37. The lowest BCUT2D eigenvalue weighted by Crippen LogP contribution is -2.25. The molecule has 2 heteroatoms. The van der Waals surface area contributed by atoms with Crippen molar-refractivity contribution in [1.82, 2.24) is 5.32 Å². The molecule has 0 aromatic heterocycles. The van der Waals surface area contributed by atoms with Crippen molar-refractivity contribution in [1.29, 1.82) is 0 Å². The predicted octanol–water partition coefficient (Wildman–Crippen LogP) is 3.89. The third kappa shape index (κ3) is 5.14. The summed E-state index contributed by atoms with van der Waals surface area (Å²) in [5, 5.41) is 3.49. The maximum atomic E-state index is 3.73. The summed E-state index contributed by atoms with van der Waals surface area (Å²) in [4.78, 5) is 0. The zero-order valence-electron chi connectivity index (χ0n) is 9.17. The quantitative estimate of drug-likeness (QED) is 0.772. The summed E-state index contributed by atoms with van der Waals surface area (Å²) >= 11 is 3.43. The first kappa shape index (κ1) is 12.5. The van der Waals surface area contributed by atoms with Gasteiger partial charge in [-0.25, -0.2) is 0 Å². The van der Waals surface area contributed by atoms with Crippen LogP contribution in [-0.4, -0.2) is 6.04 Å². The molecule has 0 radical (unpaired) electrons. The van der Waals surface area contributed by atoms with Gasteiger partial charge in [0.15, 0.2) is 0 Å². The Hall–Kier alpha value is -0.600. The van der Waals surface area contributed by atoms with Gasteiger partial charge in [0.05, 0.1) is 0 Å². The lowest BCUT2D eigenvalue weighted by Gasteiger charge is -2.12. The Balaban J connectivity index is 2.30. The van der Waals surface area contributed by atoms with E-state index in [9.17, 15) is 0 Å². The van der Waals surface area contributed by atoms with Gasteiger partial charge in [0.1, 0.15) is 0 Å². The van der Waals surface area contributed by atoms with Crippen LogP contribution in [0.25, 0.3) is 0 Å². The van der Waals surface area contributed by atoms with Crippen molar-refractivity contribution in [2.24, 2.45) is 0 Å². The molecule has 0 aliphatic carbocycles. The van der Waals surface area contributed by atoms with E-state index in [1.165, 1.54) is 5.56 Å². The van der Waals surface area contributed by atoms with Gasteiger partial charge in [0, 0.05) is 17.1 Å². The van der Waals surface area contributed by atoms with E-state index in [0.717, 1.165) is 23.9 Å². The molecule has 1 aromatic carbocycles. The molecule has 0 spiro atoms. The van der Waals surface area contributed by atoms with Gasteiger partial charge < -0.3 is 5.32 Å². The van der Waals surface area contributed by atoms with E-state index in [-0.39, 0.29) is 0 Å². The standard InChI is InChI=1S/C13H18BrN/c1-3-4-5-11(2)15-10-12-6-8-13(14)9-7-12/h3,6-9,11,15H,1,4-5,10H2,2H3. The maximum absolute atomic E-state index is 3.73. The van der Waals surface area contributed by atoms with Crippen molar-refractivity contribution in [3.05, 3.63) is 47.0 Å². The Bertz CT molecular complexity index is 292. The molecule has 0 heterocycles. The Labute approximate surface area is 101 Å². The molecule has 0 saturated carbocycles. The highest BCUT2D eigenvalue weighted by atomic mass is 79.9. The van der Waals surface area contributed by atoms with Gasteiger partial charge in [-0.2, -0.15) is 0 Å². The molecule has 0 fully saturated rings. The molecule has 0 saturated heterocycles. The van der Waals surface area contributed by atoms with E-state index in [0.29, 0.717) is 6.04 Å². The van der Waals surface area contributed by atoms with Crippen molar-refractivity contribution < 1.29 is 0 Å². The van der Waals surface area contributed by atoms with Crippen LogP contribution in [0.5, 0.6) is 0 Å². The van der Waals surface area contributed by atoms with Crippen LogP contribution in [0, 0.1) is 0 Å². The SMILES string of the molecule is C=CCCC(C)NCc1ccc(Br)cc1. The first-order valence-corrected chi connectivity index (χ1v) is 6.10. The highest BCUT2D eigenvalue weighted by molar-refractivity contribution is 9.10. The number of halogens is 1. The van der Waals surface area contributed by atoms with Crippen LogP contribution in [0.4, 0.5) is 0 Å². The summed E-state index contributed by atoms with van der Waals surface area (Å²) in [6.45, 7) is 6.87. The second kappa shape index (κ2) is 6.81. The van der Waals surface area contributed by atoms with Gasteiger partial charge >= 0.3 is 0 Å². The fraction of sp³-hybridized carbons (Fsp3) is 0.385. The topological polar surface area (TPSA) is 12.0 Å². The molecule has 15 heavy (non-hydrogen) atoms. The molecule has 1 rings (SSSR count). The normalized spacial score (nSPS) is 12.4. The molecule has 0 amide bonds. The molecule has 0 aliphatic heterocycles. The minimum atomic E-state index is 0.548. The summed E-state index contributed by atoms with van der Waals surface area (Å²) in [5.41, 5.74) is 1.32. The summed E-state index contributed by atoms with van der Waals surface area (Å²) < 4.78 is 1.13. The number of allylic oxidation sites excluding steroid dienone is 1. The average Bonchev–Trinajstić information content (AvgIpc) is 2.25. The second-order valence-electron chi connectivity index (χ2n) is 3.77. The van der Waals surface area contributed by atoms with Crippen LogP contribution in [0.2, 0.25) is 0 Å². The van der Waals surface area contributed by atoms with Gasteiger partial charge in [0.25, 0.3) is 0 Å². The summed E-state index contributed by atoms with van der Waals surface area (Å²) in [7, 11) is 0. The smallest absolute Gasteiger partial charge is 0.0207 e. The zero-order valence-corrected chi connectivity index (χ0v) is 10.8. The number of hydrogen-bond donors (Lipinski definition) is 1. The fourth-order valence-corrected chi connectivity index (χ4v) is 1.63. The first-order valence-electron chi connectivity index (χ1n) is 5.31. The van der Waals surface area contributed by atoms with Gasteiger partial charge in [-0.15, -0.1) is 6.58 Å². The molecular weight excluding hydrogens is 250 g/mol. The Morgan fingerprint density at radius 2 is 2.07 bits per heavy atom. The van der Waals surface area contributed by atoms with Crippen molar-refractivity contribution >= 4 is 15.9 Å². The minimum Gasteiger partial charge on any atom is -0.310 e. The van der Waals surface area contributed by atoms with Crippen LogP contribution >= 0.6 is 15.9 Å². The minimum absolute atomic E-state index is 0.548. The molecule has 1 unspecified atom stereocenters. The monoisotopic (exact) mass is 267 g/mol. The lowest BCUT2D eigenvalue weighted by atomic mass is 10.1. The van der Waals surface area contributed by atoms with E-state index < -0.39 is 0 Å². The van der Waals surface area contributed by atoms with Gasteiger partial charge in [-0.3, -0.25) is 0 Å². The largest absolute Gasteiger partial charge is 0.310 e. The molecular formula is C13H18BrN. The lowest BCUT2D eigenvalue weighted by molar-refractivity contribution is 0.518. The van der Waals surface area contributed by atoms with E-state index in [4.69, 9.17) is 0 Å². The van der Waals surface area contributed by atoms with Gasteiger partial charge in [-0.1, -0.05) is 34.1 Å². The Morgan fingerprint density at radius 3 is 2.67 bits per heavy atom. The van der Waals surface area contributed by atoms with Crippen LogP contribution in [0.15, 0.2) is 41.4 Å². The number of rotatable bonds is 6. The summed E-state index contributed by atoms with van der Waals surface area (Å²) in [6.07, 6.45) is 4.20. The fourth-order valence-electron chi connectivity index (χ4n) is 1.36. The predicted molar refractivity (Wildman–Crippen MR) is 69.9 cm³/mol. The second-order valence-corrected chi connectivity index (χ2v) is 4.69. The van der Waals surface area contributed by atoms with Gasteiger partial charge in [-0.05, 0) is 37.5 Å². The third-order valence-corrected chi connectivity index (χ3v) is 2.90. The summed E-state index contributed by atoms with van der Waals surface area (Å²) in [5.74, 6) is 0. The molecule has 1 nitrogen and oxygen atoms in total. The van der Waals surface area contributed by atoms with Crippen LogP contribution in [0.1, 0.15) is 25.3 Å². The highest BCUT2D eigenvalue weighted by Gasteiger charge is 1.99.